The van der Waals surface area contributed by atoms with Crippen LogP contribution in [0.15, 0.2) is 109 Å². The third kappa shape index (κ3) is 3.81. The number of nitriles is 1. The van der Waals surface area contributed by atoms with Gasteiger partial charge in [0.15, 0.2) is 0 Å². The molecule has 0 saturated carbocycles. The van der Waals surface area contributed by atoms with Crippen molar-refractivity contribution in [2.24, 2.45) is 0 Å². The molecule has 2 heteroatoms. The summed E-state index contributed by atoms with van der Waals surface area (Å²) in [6.45, 7) is 9.05. The fourth-order valence-electron chi connectivity index (χ4n) is 7.45. The largest absolute Gasteiger partial charge is 0.308 e. The zero-order chi connectivity index (χ0) is 30.6. The number of hydrogen-bond acceptors (Lipinski definition) is 1. The smallest absolute Gasteiger partial charge is 0.0991 e. The summed E-state index contributed by atoms with van der Waals surface area (Å²) < 4.78 is 2.51. The van der Waals surface area contributed by atoms with Gasteiger partial charge < -0.3 is 4.40 Å². The molecule has 2 aromatic heterocycles. The summed E-state index contributed by atoms with van der Waals surface area (Å²) in [4.78, 5) is 0. The number of fused-ring (bicyclic) bond motifs is 9. The summed E-state index contributed by atoms with van der Waals surface area (Å²) in [6, 6.07) is 43.1. The maximum atomic E-state index is 9.40. The predicted octanol–water partition coefficient (Wildman–Crippen LogP) is 12.1. The van der Waals surface area contributed by atoms with Crippen molar-refractivity contribution in [1.29, 1.82) is 5.26 Å². The molecule has 0 aliphatic carbocycles. The molecular formula is C43H32N2. The van der Waals surface area contributed by atoms with Crippen molar-refractivity contribution < 1.29 is 0 Å². The van der Waals surface area contributed by atoms with E-state index in [2.05, 4.69) is 135 Å². The van der Waals surface area contributed by atoms with E-state index in [1.807, 2.05) is 12.1 Å². The Labute approximate surface area is 262 Å². The zero-order valence-electron chi connectivity index (χ0n) is 25.9. The van der Waals surface area contributed by atoms with Crippen molar-refractivity contribution in [2.75, 3.05) is 0 Å². The fraction of sp³-hybridized carbons (Fsp3) is 0.140. The summed E-state index contributed by atoms with van der Waals surface area (Å²) in [6.07, 6.45) is 0. The van der Waals surface area contributed by atoms with Crippen LogP contribution >= 0.6 is 0 Å². The van der Waals surface area contributed by atoms with E-state index in [9.17, 15) is 5.26 Å². The number of hydrogen-bond donors (Lipinski definition) is 0. The molecule has 0 aliphatic heterocycles. The Balaban J connectivity index is 1.41. The number of benzene rings is 7. The van der Waals surface area contributed by atoms with Crippen LogP contribution in [0, 0.1) is 11.3 Å². The van der Waals surface area contributed by atoms with Gasteiger partial charge in [-0.05, 0) is 121 Å². The van der Waals surface area contributed by atoms with Crippen LogP contribution in [-0.4, -0.2) is 4.40 Å². The summed E-state index contributed by atoms with van der Waals surface area (Å²) in [5.74, 6) is 0.967. The van der Waals surface area contributed by atoms with E-state index in [-0.39, 0.29) is 0 Å². The van der Waals surface area contributed by atoms with Crippen LogP contribution in [0.4, 0.5) is 0 Å². The van der Waals surface area contributed by atoms with Gasteiger partial charge in [-0.3, -0.25) is 0 Å². The van der Waals surface area contributed by atoms with E-state index in [4.69, 9.17) is 0 Å². The molecule has 2 heterocycles. The molecule has 214 valence electrons. The molecule has 0 fully saturated rings. The Morgan fingerprint density at radius 1 is 0.467 bits per heavy atom. The molecule has 7 aromatic carbocycles. The average Bonchev–Trinajstić information content (AvgIpc) is 3.55. The van der Waals surface area contributed by atoms with E-state index in [1.165, 1.54) is 81.9 Å². The van der Waals surface area contributed by atoms with Crippen LogP contribution in [0.25, 0.3) is 81.5 Å². The van der Waals surface area contributed by atoms with Crippen molar-refractivity contribution in [3.8, 4) is 17.2 Å². The lowest BCUT2D eigenvalue weighted by atomic mass is 9.95. The summed E-state index contributed by atoms with van der Waals surface area (Å²) in [5, 5.41) is 21.9. The van der Waals surface area contributed by atoms with Crippen molar-refractivity contribution in [1.82, 2.24) is 4.40 Å². The SMILES string of the molecule is CC(C)c1ccc2cc3c(cc2c1)c1cc(-c2ccc4cc(C#N)ccc4c2)cc2c4cc5cc(C(C)C)ccc5cc4n3c12. The van der Waals surface area contributed by atoms with Crippen molar-refractivity contribution in [3.63, 3.8) is 0 Å². The molecule has 0 saturated heterocycles. The van der Waals surface area contributed by atoms with Crippen LogP contribution in [0.2, 0.25) is 0 Å². The van der Waals surface area contributed by atoms with Gasteiger partial charge in [-0.1, -0.05) is 82.3 Å². The maximum absolute atomic E-state index is 9.40. The highest BCUT2D eigenvalue weighted by Gasteiger charge is 2.20. The first-order valence-electron chi connectivity index (χ1n) is 15.9. The summed E-state index contributed by atoms with van der Waals surface area (Å²) in [7, 11) is 0. The second-order valence-corrected chi connectivity index (χ2v) is 13.4. The van der Waals surface area contributed by atoms with Gasteiger partial charge in [0.25, 0.3) is 0 Å². The first-order chi connectivity index (χ1) is 21.9. The second-order valence-electron chi connectivity index (χ2n) is 13.4. The lowest BCUT2D eigenvalue weighted by Crippen LogP contribution is -1.88. The molecule has 9 aromatic rings. The third-order valence-electron chi connectivity index (χ3n) is 9.99. The Hall–Kier alpha value is -5.39. The molecule has 9 rings (SSSR count). The Morgan fingerprint density at radius 2 is 0.978 bits per heavy atom. The van der Waals surface area contributed by atoms with Crippen molar-refractivity contribution in [3.05, 3.63) is 126 Å². The highest BCUT2D eigenvalue weighted by atomic mass is 14.9. The second kappa shape index (κ2) is 9.31. The average molecular weight is 577 g/mol. The van der Waals surface area contributed by atoms with Gasteiger partial charge in [0.1, 0.15) is 0 Å². The lowest BCUT2D eigenvalue weighted by molar-refractivity contribution is 0.869. The molecule has 2 nitrogen and oxygen atoms in total. The van der Waals surface area contributed by atoms with Crippen LogP contribution in [-0.2, 0) is 0 Å². The number of nitrogens with zero attached hydrogens (tertiary/aromatic N) is 2. The molecule has 0 amide bonds. The normalized spacial score (nSPS) is 12.4. The van der Waals surface area contributed by atoms with E-state index in [1.54, 1.807) is 0 Å². The molecule has 0 unspecified atom stereocenters. The van der Waals surface area contributed by atoms with Crippen molar-refractivity contribution >= 4 is 70.4 Å². The Bertz CT molecular complexity index is 2580. The van der Waals surface area contributed by atoms with Crippen LogP contribution in [0.3, 0.4) is 0 Å². The summed E-state index contributed by atoms with van der Waals surface area (Å²) in [5.41, 5.74) is 9.63. The van der Waals surface area contributed by atoms with Gasteiger partial charge in [-0.15, -0.1) is 0 Å². The number of aromatic nitrogens is 1. The van der Waals surface area contributed by atoms with Crippen LogP contribution < -0.4 is 0 Å². The van der Waals surface area contributed by atoms with Gasteiger partial charge in [0, 0.05) is 21.5 Å². The Morgan fingerprint density at radius 3 is 1.53 bits per heavy atom. The highest BCUT2D eigenvalue weighted by Crippen LogP contribution is 2.44. The monoisotopic (exact) mass is 576 g/mol. The third-order valence-corrected chi connectivity index (χ3v) is 9.99. The molecular weight excluding hydrogens is 544 g/mol. The quantitative estimate of drug-likeness (QED) is 0.206. The zero-order valence-corrected chi connectivity index (χ0v) is 25.9. The summed E-state index contributed by atoms with van der Waals surface area (Å²) >= 11 is 0. The standard InChI is InChI=1S/C43H32N2/c1-24(2)27-7-9-32-21-41-37(17-34(32)14-27)39-19-36(31-12-11-29-13-26(23-44)5-6-30(29)16-31)20-40-38-18-35-15-28(25(3)4)8-10-33(35)22-42(38)45(41)43(39)40/h5-22,24-25H,1-4H3. The topological polar surface area (TPSA) is 28.2 Å². The predicted molar refractivity (Wildman–Crippen MR) is 192 cm³/mol. The maximum Gasteiger partial charge on any atom is 0.0991 e. The minimum absolute atomic E-state index is 0.483. The van der Waals surface area contributed by atoms with Gasteiger partial charge in [0.05, 0.1) is 28.2 Å². The van der Waals surface area contributed by atoms with E-state index in [0.717, 1.165) is 10.8 Å². The van der Waals surface area contributed by atoms with Crippen LogP contribution in [0.1, 0.15) is 56.2 Å². The molecule has 0 spiro atoms. The molecule has 0 N–H and O–H groups in total. The van der Waals surface area contributed by atoms with E-state index >= 15 is 0 Å². The minimum atomic E-state index is 0.483. The van der Waals surface area contributed by atoms with E-state index in [0.29, 0.717) is 17.4 Å². The van der Waals surface area contributed by atoms with Gasteiger partial charge >= 0.3 is 0 Å². The molecule has 0 radical (unpaired) electrons. The molecule has 0 atom stereocenters. The fourth-order valence-corrected chi connectivity index (χ4v) is 7.45. The van der Waals surface area contributed by atoms with Crippen molar-refractivity contribution in [2.45, 2.75) is 39.5 Å². The van der Waals surface area contributed by atoms with Gasteiger partial charge in [-0.25, -0.2) is 0 Å². The van der Waals surface area contributed by atoms with Gasteiger partial charge in [0.2, 0.25) is 0 Å². The lowest BCUT2D eigenvalue weighted by Gasteiger charge is -2.09. The first-order valence-corrected chi connectivity index (χ1v) is 15.9. The molecule has 0 bridgehead atoms. The number of rotatable bonds is 3. The van der Waals surface area contributed by atoms with E-state index < -0.39 is 0 Å². The highest BCUT2D eigenvalue weighted by molar-refractivity contribution is 6.27. The van der Waals surface area contributed by atoms with Crippen LogP contribution in [0.5, 0.6) is 0 Å². The molecule has 0 aliphatic rings. The first kappa shape index (κ1) is 26.1. The Kier molecular flexibility index (Phi) is 5.39. The molecule has 45 heavy (non-hydrogen) atoms. The van der Waals surface area contributed by atoms with Gasteiger partial charge in [-0.2, -0.15) is 5.26 Å². The minimum Gasteiger partial charge on any atom is -0.308 e.